The number of nitrogens with one attached hydrogen (secondary N) is 2. The van der Waals surface area contributed by atoms with E-state index in [1.165, 1.54) is 33.4 Å². The van der Waals surface area contributed by atoms with Gasteiger partial charge in [-0.15, -0.1) is 0 Å². The molecule has 0 unspecified atom stereocenters. The first-order valence-electron chi connectivity index (χ1n) is 12.9. The average molecular weight is 503 g/mol. The van der Waals surface area contributed by atoms with Crippen LogP contribution in [-0.2, 0) is 16.0 Å². The third-order valence-electron chi connectivity index (χ3n) is 6.21. The lowest BCUT2D eigenvalue weighted by Gasteiger charge is -2.21. The highest BCUT2D eigenvalue weighted by Crippen LogP contribution is 2.29. The van der Waals surface area contributed by atoms with Gasteiger partial charge in [-0.25, -0.2) is 0 Å². The van der Waals surface area contributed by atoms with Crippen LogP contribution in [0.1, 0.15) is 52.4 Å². The zero-order valence-corrected chi connectivity index (χ0v) is 22.3. The van der Waals surface area contributed by atoms with Gasteiger partial charge in [-0.2, -0.15) is 0 Å². The van der Waals surface area contributed by atoms with E-state index in [0.29, 0.717) is 18.8 Å². The van der Waals surface area contributed by atoms with Crippen molar-refractivity contribution >= 4 is 17.6 Å². The summed E-state index contributed by atoms with van der Waals surface area (Å²) >= 11 is 0. The van der Waals surface area contributed by atoms with Gasteiger partial charge in [0.1, 0.15) is 0 Å². The number of anilines is 1. The third kappa shape index (κ3) is 8.46. The lowest BCUT2D eigenvalue weighted by atomic mass is 9.93. The Balaban J connectivity index is 1.67. The Labute approximate surface area is 220 Å². The number of ether oxygens (including phenoxy) is 1. The molecule has 0 heterocycles. The second-order valence-electron chi connectivity index (χ2n) is 9.57. The quantitative estimate of drug-likeness (QED) is 0.252. The molecule has 196 valence electrons. The van der Waals surface area contributed by atoms with Gasteiger partial charge in [0.25, 0.3) is 5.91 Å². The molecule has 3 aromatic rings. The number of carbonyl (C=O) groups excluding carboxylic acids is 1. The fraction of sp³-hybridized carbons (Fsp3) is 0.355. The number of rotatable bonds is 13. The molecule has 0 aliphatic heterocycles. The summed E-state index contributed by atoms with van der Waals surface area (Å²) < 4.78 is 5.88. The molecule has 0 fully saturated rings. The Morgan fingerprint density at radius 2 is 1.59 bits per heavy atom. The highest BCUT2D eigenvalue weighted by Gasteiger charge is 2.13. The van der Waals surface area contributed by atoms with E-state index in [9.17, 15) is 9.59 Å². The summed E-state index contributed by atoms with van der Waals surface area (Å²) in [6.45, 7) is 9.94. The van der Waals surface area contributed by atoms with E-state index in [1.54, 1.807) is 12.1 Å². The summed E-state index contributed by atoms with van der Waals surface area (Å²) in [6, 6.07) is 20.5. The van der Waals surface area contributed by atoms with E-state index < -0.39 is 5.97 Å². The number of aryl methyl sites for hydroxylation is 3. The first-order valence-corrected chi connectivity index (χ1v) is 12.9. The van der Waals surface area contributed by atoms with E-state index in [2.05, 4.69) is 74.7 Å². The Morgan fingerprint density at radius 1 is 0.946 bits per heavy atom. The zero-order valence-electron chi connectivity index (χ0n) is 22.3. The number of carbonyl (C=O) groups is 2. The summed E-state index contributed by atoms with van der Waals surface area (Å²) in [4.78, 5) is 22.9. The van der Waals surface area contributed by atoms with Crippen molar-refractivity contribution in [1.82, 2.24) is 5.32 Å². The average Bonchev–Trinajstić information content (AvgIpc) is 2.84. The number of benzene rings is 3. The van der Waals surface area contributed by atoms with Crippen LogP contribution in [0, 0.1) is 20.8 Å². The Hall–Kier alpha value is -3.64. The number of carboxylic acid groups (broad SMARTS) is 1. The molecule has 0 aliphatic carbocycles. The predicted molar refractivity (Wildman–Crippen MR) is 149 cm³/mol. The molecule has 3 N–H and O–H groups in total. The van der Waals surface area contributed by atoms with Crippen molar-refractivity contribution in [3.63, 3.8) is 0 Å². The van der Waals surface area contributed by atoms with Gasteiger partial charge in [-0.1, -0.05) is 48.9 Å². The van der Waals surface area contributed by atoms with Gasteiger partial charge >= 0.3 is 5.97 Å². The molecule has 0 saturated heterocycles. The van der Waals surface area contributed by atoms with Gasteiger partial charge in [-0.3, -0.25) is 9.59 Å². The normalized spacial score (nSPS) is 11.7. The number of aliphatic carboxylic acids is 1. The number of hydrogen-bond donors (Lipinski definition) is 3. The lowest BCUT2D eigenvalue weighted by molar-refractivity contribution is -0.136. The van der Waals surface area contributed by atoms with Crippen molar-refractivity contribution in [2.24, 2.45) is 0 Å². The fourth-order valence-electron chi connectivity index (χ4n) is 4.59. The smallest absolute Gasteiger partial charge is 0.305 e. The van der Waals surface area contributed by atoms with Gasteiger partial charge in [0.2, 0.25) is 0 Å². The third-order valence-corrected chi connectivity index (χ3v) is 6.21. The van der Waals surface area contributed by atoms with Crippen LogP contribution in [-0.4, -0.2) is 42.8 Å². The molecule has 1 atom stereocenters. The minimum absolute atomic E-state index is 0.0653. The number of carboxylic acids is 1. The lowest BCUT2D eigenvalue weighted by Crippen LogP contribution is -2.28. The van der Waals surface area contributed by atoms with Crippen LogP contribution >= 0.6 is 0 Å². The fourth-order valence-corrected chi connectivity index (χ4v) is 4.59. The molecule has 0 saturated carbocycles. The van der Waals surface area contributed by atoms with E-state index in [0.717, 1.165) is 18.5 Å². The second-order valence-corrected chi connectivity index (χ2v) is 9.57. The summed E-state index contributed by atoms with van der Waals surface area (Å²) in [6.07, 6.45) is 1.66. The maximum Gasteiger partial charge on any atom is 0.305 e. The van der Waals surface area contributed by atoms with Crippen molar-refractivity contribution in [3.8, 4) is 11.1 Å². The molecule has 6 heteroatoms. The highest BCUT2D eigenvalue weighted by molar-refractivity contribution is 5.94. The number of hydrogen-bond acceptors (Lipinski definition) is 4. The van der Waals surface area contributed by atoms with Crippen LogP contribution in [0.3, 0.4) is 0 Å². The minimum atomic E-state index is -0.939. The molecule has 3 aromatic carbocycles. The zero-order chi connectivity index (χ0) is 26.8. The van der Waals surface area contributed by atoms with Crippen molar-refractivity contribution in [1.29, 1.82) is 0 Å². The Kier molecular flexibility index (Phi) is 10.3. The molecule has 3 rings (SSSR count). The summed E-state index contributed by atoms with van der Waals surface area (Å²) in [7, 11) is 0. The molecule has 6 nitrogen and oxygen atoms in total. The first-order chi connectivity index (χ1) is 17.8. The van der Waals surface area contributed by atoms with Crippen LogP contribution < -0.4 is 10.6 Å². The second kappa shape index (κ2) is 13.6. The first kappa shape index (κ1) is 27.9. The van der Waals surface area contributed by atoms with E-state index in [4.69, 9.17) is 9.84 Å². The molecule has 37 heavy (non-hydrogen) atoms. The number of amides is 1. The van der Waals surface area contributed by atoms with Crippen molar-refractivity contribution in [3.05, 3.63) is 88.5 Å². The molecule has 0 spiro atoms. The largest absolute Gasteiger partial charge is 0.481 e. The van der Waals surface area contributed by atoms with Gasteiger partial charge < -0.3 is 20.5 Å². The summed E-state index contributed by atoms with van der Waals surface area (Å²) in [5.41, 5.74) is 8.99. The SMILES string of the molecule is CCCOC[C@H](Cc1ccc(-c2c(C)cc(C)cc2C)cc1)Nc1ccc(C(=O)NCCC(=O)O)cc1. The van der Waals surface area contributed by atoms with Crippen molar-refractivity contribution < 1.29 is 19.4 Å². The van der Waals surface area contributed by atoms with Gasteiger partial charge in [0, 0.05) is 24.4 Å². The standard InChI is InChI=1S/C31H38N2O4/c1-5-16-37-20-28(33-27-12-10-26(11-13-27)31(36)32-15-14-29(34)35)19-24-6-8-25(9-7-24)30-22(3)17-21(2)18-23(30)4/h6-13,17-18,28,33H,5,14-16,19-20H2,1-4H3,(H,32,36)(H,34,35)/t28-/m0/s1. The topological polar surface area (TPSA) is 87.7 Å². The minimum Gasteiger partial charge on any atom is -0.481 e. The van der Waals surface area contributed by atoms with Gasteiger partial charge in [0.15, 0.2) is 0 Å². The molecule has 0 bridgehead atoms. The van der Waals surface area contributed by atoms with Crippen LogP contribution in [0.4, 0.5) is 5.69 Å². The maximum atomic E-state index is 12.2. The molecule has 0 radical (unpaired) electrons. The predicted octanol–water partition coefficient (Wildman–Crippen LogP) is 5.93. The molecular formula is C31H38N2O4. The van der Waals surface area contributed by atoms with Gasteiger partial charge in [-0.05, 0) is 85.7 Å². The molecular weight excluding hydrogens is 464 g/mol. The Morgan fingerprint density at radius 3 is 2.19 bits per heavy atom. The van der Waals surface area contributed by atoms with Crippen molar-refractivity contribution in [2.45, 2.75) is 53.0 Å². The van der Waals surface area contributed by atoms with E-state index >= 15 is 0 Å². The maximum absolute atomic E-state index is 12.2. The van der Waals surface area contributed by atoms with Crippen molar-refractivity contribution in [2.75, 3.05) is 25.1 Å². The van der Waals surface area contributed by atoms with Crippen LogP contribution in [0.5, 0.6) is 0 Å². The summed E-state index contributed by atoms with van der Waals surface area (Å²) in [5.74, 6) is -1.22. The van der Waals surface area contributed by atoms with E-state index in [-0.39, 0.29) is 24.9 Å². The molecule has 1 amide bonds. The molecule has 0 aliphatic rings. The summed E-state index contributed by atoms with van der Waals surface area (Å²) in [5, 5.41) is 14.9. The monoisotopic (exact) mass is 502 g/mol. The van der Waals surface area contributed by atoms with E-state index in [1.807, 2.05) is 12.1 Å². The van der Waals surface area contributed by atoms with Crippen LogP contribution in [0.15, 0.2) is 60.7 Å². The Bertz CT molecular complexity index is 1160. The molecule has 0 aromatic heterocycles. The van der Waals surface area contributed by atoms with Crippen LogP contribution in [0.2, 0.25) is 0 Å². The van der Waals surface area contributed by atoms with Crippen LogP contribution in [0.25, 0.3) is 11.1 Å². The highest BCUT2D eigenvalue weighted by atomic mass is 16.5. The van der Waals surface area contributed by atoms with Gasteiger partial charge in [0.05, 0.1) is 19.1 Å².